The highest BCUT2D eigenvalue weighted by molar-refractivity contribution is 5.92. The van der Waals surface area contributed by atoms with Gasteiger partial charge in [0, 0.05) is 12.7 Å². The summed E-state index contributed by atoms with van der Waals surface area (Å²) in [6.45, 7) is 1.76. The summed E-state index contributed by atoms with van der Waals surface area (Å²) < 4.78 is 124. The molecule has 0 bridgehead atoms. The molecule has 3 aromatic rings. The van der Waals surface area contributed by atoms with E-state index in [1.807, 2.05) is 6.92 Å². The largest absolute Gasteiger partial charge is 0.493 e. The van der Waals surface area contributed by atoms with Crippen LogP contribution in [0.5, 0.6) is 11.5 Å². The second-order valence-electron chi connectivity index (χ2n) is 12.6. The first-order valence-electron chi connectivity index (χ1n) is 17.5. The minimum absolute atomic E-state index is 0.166. The van der Waals surface area contributed by atoms with Gasteiger partial charge in [0.05, 0.1) is 23.8 Å². The lowest BCUT2D eigenvalue weighted by Gasteiger charge is -2.27. The van der Waals surface area contributed by atoms with Crippen molar-refractivity contribution >= 4 is 11.9 Å². The van der Waals surface area contributed by atoms with E-state index < -0.39 is 43.0 Å². The van der Waals surface area contributed by atoms with Crippen LogP contribution in [0.4, 0.5) is 35.1 Å². The Morgan fingerprint density at radius 2 is 1.25 bits per heavy atom. The molecule has 0 spiro atoms. The van der Waals surface area contributed by atoms with E-state index in [0.717, 1.165) is 49.3 Å². The number of esters is 2. The van der Waals surface area contributed by atoms with E-state index >= 15 is 0 Å². The molecule has 0 aromatic heterocycles. The number of unbranched alkanes of at least 4 members (excludes halogenated alkanes) is 7. The highest BCUT2D eigenvalue weighted by Gasteiger charge is 2.73. The van der Waals surface area contributed by atoms with Crippen molar-refractivity contribution in [2.75, 3.05) is 19.8 Å². The smallest absolute Gasteiger partial charge is 0.459 e. The third-order valence-electron chi connectivity index (χ3n) is 8.25. The Hall–Kier alpha value is -4.20. The molecule has 53 heavy (non-hydrogen) atoms. The van der Waals surface area contributed by atoms with Gasteiger partial charge in [0.25, 0.3) is 0 Å². The second kappa shape index (κ2) is 20.3. The van der Waals surface area contributed by atoms with E-state index in [2.05, 4.69) is 11.7 Å². The summed E-state index contributed by atoms with van der Waals surface area (Å²) in [4.78, 5) is 25.2. The number of ether oxygens (including phenoxy) is 4. The minimum atomic E-state index is -6.39. The topological polar surface area (TPSA) is 71.1 Å². The summed E-state index contributed by atoms with van der Waals surface area (Å²) in [6, 6.07) is 17.2. The summed E-state index contributed by atoms with van der Waals surface area (Å²) in [6.07, 6.45) is 1.01. The minimum Gasteiger partial charge on any atom is -0.493 e. The van der Waals surface area contributed by atoms with Crippen molar-refractivity contribution in [3.63, 3.8) is 0 Å². The maximum Gasteiger partial charge on any atom is 0.459 e. The SMILES string of the molecule is CCCCCC[C@H](C)OC(=O)c1ccc(-c2ccc(OC(=O)c3ccc(OCCCCCCCOCC(F)(F)C(F)(F)C(F)(F)F)cc3F)cc2)cc1. The molecular formula is C39H44F8O6. The van der Waals surface area contributed by atoms with E-state index in [1.165, 1.54) is 12.1 Å². The number of hydrogen-bond donors (Lipinski definition) is 0. The first-order chi connectivity index (χ1) is 25.1. The Bertz CT molecular complexity index is 1580. The summed E-state index contributed by atoms with van der Waals surface area (Å²) >= 11 is 0. The molecule has 0 unspecified atom stereocenters. The zero-order valence-electron chi connectivity index (χ0n) is 29.6. The molecule has 0 heterocycles. The maximum atomic E-state index is 14.7. The molecule has 292 valence electrons. The first-order valence-corrected chi connectivity index (χ1v) is 17.5. The van der Waals surface area contributed by atoms with Crippen LogP contribution in [0, 0.1) is 5.82 Å². The lowest BCUT2D eigenvalue weighted by Crippen LogP contribution is -2.54. The van der Waals surface area contributed by atoms with Gasteiger partial charge in [-0.15, -0.1) is 0 Å². The van der Waals surface area contributed by atoms with Gasteiger partial charge >= 0.3 is 30.0 Å². The summed E-state index contributed by atoms with van der Waals surface area (Å²) in [7, 11) is 0. The molecule has 0 aliphatic rings. The lowest BCUT2D eigenvalue weighted by molar-refractivity contribution is -0.361. The lowest BCUT2D eigenvalue weighted by atomic mass is 10.0. The van der Waals surface area contributed by atoms with E-state index in [4.69, 9.17) is 14.2 Å². The van der Waals surface area contributed by atoms with Crippen molar-refractivity contribution in [1.82, 2.24) is 0 Å². The van der Waals surface area contributed by atoms with Crippen LogP contribution in [0.3, 0.4) is 0 Å². The summed E-state index contributed by atoms with van der Waals surface area (Å²) in [5.41, 5.74) is 1.77. The zero-order valence-corrected chi connectivity index (χ0v) is 29.6. The predicted octanol–water partition coefficient (Wildman–Crippen LogP) is 11.4. The Kier molecular flexibility index (Phi) is 16.6. The van der Waals surface area contributed by atoms with Crippen molar-refractivity contribution in [2.24, 2.45) is 0 Å². The average molecular weight is 761 g/mol. The number of benzene rings is 3. The fraction of sp³-hybridized carbons (Fsp3) is 0.487. The van der Waals surface area contributed by atoms with Crippen LogP contribution >= 0.6 is 0 Å². The monoisotopic (exact) mass is 760 g/mol. The Balaban J connectivity index is 1.36. The van der Waals surface area contributed by atoms with Crippen LogP contribution in [-0.2, 0) is 9.47 Å². The predicted molar refractivity (Wildman–Crippen MR) is 182 cm³/mol. The van der Waals surface area contributed by atoms with Crippen molar-refractivity contribution in [1.29, 1.82) is 0 Å². The normalized spacial score (nSPS) is 12.7. The van der Waals surface area contributed by atoms with Gasteiger partial charge in [-0.2, -0.15) is 30.7 Å². The molecule has 0 fully saturated rings. The van der Waals surface area contributed by atoms with Gasteiger partial charge in [-0.1, -0.05) is 69.7 Å². The molecular weight excluding hydrogens is 716 g/mol. The van der Waals surface area contributed by atoms with Crippen molar-refractivity contribution in [2.45, 2.75) is 102 Å². The number of alkyl halides is 7. The molecule has 3 rings (SSSR count). The van der Waals surface area contributed by atoms with Crippen LogP contribution in [0.15, 0.2) is 66.7 Å². The third kappa shape index (κ3) is 13.3. The van der Waals surface area contributed by atoms with Crippen LogP contribution in [0.2, 0.25) is 0 Å². The molecule has 0 aliphatic heterocycles. The molecule has 14 heteroatoms. The molecule has 0 amide bonds. The maximum absolute atomic E-state index is 14.7. The quantitative estimate of drug-likeness (QED) is 0.0440. The Morgan fingerprint density at radius 3 is 1.85 bits per heavy atom. The van der Waals surface area contributed by atoms with Crippen molar-refractivity contribution < 1.29 is 63.7 Å². The zero-order chi connectivity index (χ0) is 39.1. The Labute approximate surface area is 303 Å². The molecule has 3 aromatic carbocycles. The fourth-order valence-corrected chi connectivity index (χ4v) is 5.12. The molecule has 0 radical (unpaired) electrons. The number of rotatable bonds is 22. The molecule has 0 saturated carbocycles. The number of halogens is 8. The second-order valence-corrected chi connectivity index (χ2v) is 12.6. The molecule has 0 saturated heterocycles. The highest BCUT2D eigenvalue weighted by Crippen LogP contribution is 2.46. The highest BCUT2D eigenvalue weighted by atomic mass is 19.4. The van der Waals surface area contributed by atoms with Gasteiger partial charge < -0.3 is 18.9 Å². The molecule has 0 aliphatic carbocycles. The first kappa shape index (κ1) is 43.2. The van der Waals surface area contributed by atoms with Gasteiger partial charge in [0.15, 0.2) is 0 Å². The van der Waals surface area contributed by atoms with Gasteiger partial charge in [-0.25, -0.2) is 14.0 Å². The van der Waals surface area contributed by atoms with E-state index in [1.54, 1.807) is 48.5 Å². The van der Waals surface area contributed by atoms with E-state index in [-0.39, 0.29) is 42.2 Å². The van der Waals surface area contributed by atoms with E-state index in [9.17, 15) is 44.7 Å². The standard InChI is InChI=1S/C39H44F8O6/c1-3-4-5-9-12-27(2)52-35(48)30-15-13-28(14-16-30)29-17-19-31(20-18-29)53-36(49)33-22-21-32(25-34(33)40)51-24-11-8-6-7-10-23-50-26-37(41,42)38(43,44)39(45,46)47/h13-22,25,27H,3-12,23-24,26H2,1-2H3/t27-/m0/s1. The molecule has 6 nitrogen and oxygen atoms in total. The summed E-state index contributed by atoms with van der Waals surface area (Å²) in [5, 5.41) is 0. The van der Waals surface area contributed by atoms with Crippen LogP contribution in [0.25, 0.3) is 11.1 Å². The molecule has 1 atom stereocenters. The van der Waals surface area contributed by atoms with Gasteiger partial charge in [-0.05, 0) is 80.1 Å². The van der Waals surface area contributed by atoms with Crippen molar-refractivity contribution in [3.8, 4) is 22.6 Å². The average Bonchev–Trinajstić information content (AvgIpc) is 3.10. The van der Waals surface area contributed by atoms with Gasteiger partial charge in [0.2, 0.25) is 0 Å². The Morgan fingerprint density at radius 1 is 0.679 bits per heavy atom. The number of carbonyl (C=O) groups is 2. The van der Waals surface area contributed by atoms with E-state index in [0.29, 0.717) is 31.2 Å². The van der Waals surface area contributed by atoms with Crippen molar-refractivity contribution in [3.05, 3.63) is 83.7 Å². The number of carbonyl (C=O) groups excluding carboxylic acids is 2. The van der Waals surface area contributed by atoms with Gasteiger partial charge in [-0.3, -0.25) is 0 Å². The van der Waals surface area contributed by atoms with Crippen LogP contribution < -0.4 is 9.47 Å². The van der Waals surface area contributed by atoms with Crippen LogP contribution in [0.1, 0.15) is 98.8 Å². The van der Waals surface area contributed by atoms with Gasteiger partial charge in [0.1, 0.15) is 23.9 Å². The summed E-state index contributed by atoms with van der Waals surface area (Å²) in [5.74, 6) is -13.4. The fourth-order valence-electron chi connectivity index (χ4n) is 5.12. The number of hydrogen-bond acceptors (Lipinski definition) is 6. The third-order valence-corrected chi connectivity index (χ3v) is 8.25. The van der Waals surface area contributed by atoms with Crippen LogP contribution in [-0.4, -0.2) is 55.9 Å². The molecule has 0 N–H and O–H groups in total.